The van der Waals surface area contributed by atoms with Crippen LogP contribution in [0.4, 0.5) is 4.79 Å². The van der Waals surface area contributed by atoms with Crippen molar-refractivity contribution < 1.29 is 28.9 Å². The van der Waals surface area contributed by atoms with E-state index in [1.165, 1.54) is 26.4 Å². The van der Waals surface area contributed by atoms with Crippen LogP contribution >= 0.6 is 0 Å². The molecule has 3 N–H and O–H groups in total. The molecule has 8 heteroatoms. The third kappa shape index (κ3) is 3.84. The van der Waals surface area contributed by atoms with Crippen molar-refractivity contribution in [2.24, 2.45) is 0 Å². The largest absolute Gasteiger partial charge is 0.502 e. The predicted molar refractivity (Wildman–Crippen MR) is 94.2 cm³/mol. The van der Waals surface area contributed by atoms with Gasteiger partial charge in [0.05, 0.1) is 31.9 Å². The van der Waals surface area contributed by atoms with E-state index in [1.807, 2.05) is 6.92 Å². The number of rotatable bonds is 6. The maximum Gasteiger partial charge on any atom is 0.338 e. The van der Waals surface area contributed by atoms with Gasteiger partial charge in [-0.3, -0.25) is 0 Å². The topological polar surface area (TPSA) is 106 Å². The van der Waals surface area contributed by atoms with Crippen LogP contribution in [-0.4, -0.2) is 37.4 Å². The first-order chi connectivity index (χ1) is 12.3. The second-order valence-electron chi connectivity index (χ2n) is 5.97. The van der Waals surface area contributed by atoms with Crippen LogP contribution in [0.3, 0.4) is 0 Å². The second kappa shape index (κ2) is 7.99. The van der Waals surface area contributed by atoms with Gasteiger partial charge in [-0.15, -0.1) is 0 Å². The normalized spacial score (nSPS) is 17.9. The number of allylic oxidation sites excluding steroid dienone is 1. The van der Waals surface area contributed by atoms with Gasteiger partial charge >= 0.3 is 12.0 Å². The number of hydrogen-bond acceptors (Lipinski definition) is 6. The molecule has 0 spiro atoms. The van der Waals surface area contributed by atoms with E-state index < -0.39 is 18.0 Å². The summed E-state index contributed by atoms with van der Waals surface area (Å²) in [5, 5.41) is 15.4. The molecule has 0 bridgehead atoms. The van der Waals surface area contributed by atoms with Crippen molar-refractivity contribution in [2.75, 3.05) is 14.2 Å². The molecule has 8 nitrogen and oxygen atoms in total. The lowest BCUT2D eigenvalue weighted by Crippen LogP contribution is -2.45. The lowest BCUT2D eigenvalue weighted by molar-refractivity contribution is -0.144. The number of phenols is 1. The summed E-state index contributed by atoms with van der Waals surface area (Å²) in [5.74, 6) is -0.359. The number of urea groups is 1. The van der Waals surface area contributed by atoms with Crippen molar-refractivity contribution in [2.45, 2.75) is 39.3 Å². The van der Waals surface area contributed by atoms with Crippen LogP contribution in [0.2, 0.25) is 0 Å². The summed E-state index contributed by atoms with van der Waals surface area (Å²) in [5.41, 5.74) is 1.19. The first-order valence-corrected chi connectivity index (χ1v) is 8.26. The smallest absolute Gasteiger partial charge is 0.338 e. The lowest BCUT2D eigenvalue weighted by atomic mass is 9.95. The number of carbonyl (C=O) groups is 2. The Morgan fingerprint density at radius 2 is 1.85 bits per heavy atom. The van der Waals surface area contributed by atoms with Crippen LogP contribution in [-0.2, 0) is 9.53 Å². The number of benzene rings is 1. The number of hydrogen-bond donors (Lipinski definition) is 3. The number of carbonyl (C=O) groups excluding carboxylic acids is 2. The molecular weight excluding hydrogens is 340 g/mol. The zero-order valence-corrected chi connectivity index (χ0v) is 15.5. The highest BCUT2D eigenvalue weighted by Crippen LogP contribution is 2.40. The quantitative estimate of drug-likeness (QED) is 0.669. The number of aromatic hydroxyl groups is 1. The van der Waals surface area contributed by atoms with Crippen LogP contribution in [0.5, 0.6) is 17.2 Å². The minimum Gasteiger partial charge on any atom is -0.502 e. The molecule has 2 amide bonds. The Morgan fingerprint density at radius 3 is 2.35 bits per heavy atom. The third-order valence-corrected chi connectivity index (χ3v) is 4.21. The molecule has 0 unspecified atom stereocenters. The second-order valence-corrected chi connectivity index (χ2v) is 5.97. The van der Waals surface area contributed by atoms with Gasteiger partial charge in [0.25, 0.3) is 0 Å². The fourth-order valence-corrected chi connectivity index (χ4v) is 2.62. The minimum atomic E-state index is -0.774. The molecule has 0 saturated carbocycles. The highest BCUT2D eigenvalue weighted by atomic mass is 16.5. The molecule has 1 heterocycles. The van der Waals surface area contributed by atoms with E-state index in [-0.39, 0.29) is 28.9 Å². The van der Waals surface area contributed by atoms with Crippen LogP contribution in [0.1, 0.15) is 38.8 Å². The first-order valence-electron chi connectivity index (χ1n) is 8.26. The van der Waals surface area contributed by atoms with Gasteiger partial charge in [-0.05, 0) is 38.0 Å². The van der Waals surface area contributed by atoms with Crippen molar-refractivity contribution in [3.63, 3.8) is 0 Å². The number of nitrogens with one attached hydrogen (secondary N) is 2. The van der Waals surface area contributed by atoms with Gasteiger partial charge in [0.1, 0.15) is 0 Å². The van der Waals surface area contributed by atoms with E-state index in [2.05, 4.69) is 10.6 Å². The summed E-state index contributed by atoms with van der Waals surface area (Å²) in [6.45, 7) is 5.34. The van der Waals surface area contributed by atoms with Crippen LogP contribution in [0.25, 0.3) is 0 Å². The van der Waals surface area contributed by atoms with Gasteiger partial charge in [0, 0.05) is 5.70 Å². The number of amides is 2. The Hall–Kier alpha value is -2.90. The van der Waals surface area contributed by atoms with E-state index in [1.54, 1.807) is 13.8 Å². The van der Waals surface area contributed by atoms with Crippen LogP contribution < -0.4 is 20.1 Å². The molecule has 1 aromatic carbocycles. The van der Waals surface area contributed by atoms with Gasteiger partial charge in [0.15, 0.2) is 11.5 Å². The maximum absolute atomic E-state index is 12.7. The van der Waals surface area contributed by atoms with E-state index in [9.17, 15) is 14.7 Å². The highest BCUT2D eigenvalue weighted by Gasteiger charge is 2.34. The maximum atomic E-state index is 12.7. The van der Waals surface area contributed by atoms with Gasteiger partial charge < -0.3 is 30.0 Å². The van der Waals surface area contributed by atoms with E-state index in [0.29, 0.717) is 17.7 Å². The fourth-order valence-electron chi connectivity index (χ4n) is 2.62. The molecule has 142 valence electrons. The lowest BCUT2D eigenvalue weighted by Gasteiger charge is -2.29. The van der Waals surface area contributed by atoms with E-state index in [4.69, 9.17) is 14.2 Å². The zero-order chi connectivity index (χ0) is 19.4. The summed E-state index contributed by atoms with van der Waals surface area (Å²) in [6, 6.07) is 1.86. The molecule has 1 aliphatic heterocycles. The fraction of sp³-hybridized carbons (Fsp3) is 0.444. The number of phenolic OH excluding ortho intramolecular Hbond substituents is 1. The molecule has 0 radical (unpaired) electrons. The average molecular weight is 364 g/mol. The van der Waals surface area contributed by atoms with Gasteiger partial charge in [-0.1, -0.05) is 6.92 Å². The molecule has 1 aromatic rings. The molecule has 2 rings (SSSR count). The van der Waals surface area contributed by atoms with E-state index >= 15 is 0 Å². The Morgan fingerprint density at radius 1 is 1.27 bits per heavy atom. The summed E-state index contributed by atoms with van der Waals surface area (Å²) >= 11 is 0. The Labute approximate surface area is 152 Å². The van der Waals surface area contributed by atoms with E-state index in [0.717, 1.165) is 0 Å². The predicted octanol–water partition coefficient (Wildman–Crippen LogP) is 2.38. The van der Waals surface area contributed by atoms with Crippen molar-refractivity contribution in [1.82, 2.24) is 10.6 Å². The molecule has 0 saturated heterocycles. The van der Waals surface area contributed by atoms with Gasteiger partial charge in [-0.25, -0.2) is 9.59 Å². The van der Waals surface area contributed by atoms with Crippen molar-refractivity contribution >= 4 is 12.0 Å². The van der Waals surface area contributed by atoms with Crippen LogP contribution in [0, 0.1) is 0 Å². The Kier molecular flexibility index (Phi) is 5.97. The van der Waals surface area contributed by atoms with Crippen molar-refractivity contribution in [3.05, 3.63) is 29.0 Å². The summed E-state index contributed by atoms with van der Waals surface area (Å²) in [7, 11) is 2.80. The molecule has 0 aromatic heterocycles. The summed E-state index contributed by atoms with van der Waals surface area (Å²) in [4.78, 5) is 24.6. The van der Waals surface area contributed by atoms with Crippen molar-refractivity contribution in [1.29, 1.82) is 0 Å². The number of ether oxygens (including phenoxy) is 3. The molecule has 26 heavy (non-hydrogen) atoms. The third-order valence-electron chi connectivity index (χ3n) is 4.21. The summed E-state index contributed by atoms with van der Waals surface area (Å²) in [6.07, 6.45) is 0.411. The Bertz CT molecular complexity index is 718. The SMILES string of the molecule is CC[C@H](C)OC(=O)C1=C(C)NC(=O)N[C@@H]1c1cc(OC)c(O)c(OC)c1. The molecule has 2 atom stereocenters. The molecule has 0 aliphatic carbocycles. The molecule has 1 aliphatic rings. The molecule has 0 fully saturated rings. The van der Waals surface area contributed by atoms with Gasteiger partial charge in [-0.2, -0.15) is 0 Å². The zero-order valence-electron chi connectivity index (χ0n) is 15.5. The number of methoxy groups -OCH3 is 2. The first kappa shape index (κ1) is 19.4. The van der Waals surface area contributed by atoms with Crippen molar-refractivity contribution in [3.8, 4) is 17.2 Å². The minimum absolute atomic E-state index is 0.163. The summed E-state index contributed by atoms with van der Waals surface area (Å²) < 4.78 is 15.8. The van der Waals surface area contributed by atoms with Crippen LogP contribution in [0.15, 0.2) is 23.4 Å². The monoisotopic (exact) mass is 364 g/mol. The molecular formula is C18H24N2O6. The Balaban J connectivity index is 2.52. The number of esters is 1. The average Bonchev–Trinajstić information content (AvgIpc) is 2.60. The standard InChI is InChI=1S/C18H24N2O6/c1-6-9(2)26-17(22)14-10(3)19-18(23)20-15(14)11-7-12(24-4)16(21)13(8-11)25-5/h7-9,15,21H,6H2,1-5H3,(H2,19,20,23)/t9-,15+/m0/s1. The highest BCUT2D eigenvalue weighted by molar-refractivity contribution is 5.95. The van der Waals surface area contributed by atoms with Gasteiger partial charge in [0.2, 0.25) is 5.75 Å².